The number of pyridine rings is 1. The number of aromatic nitrogens is 3. The van der Waals surface area contributed by atoms with Gasteiger partial charge in [0.25, 0.3) is 0 Å². The summed E-state index contributed by atoms with van der Waals surface area (Å²) in [6.45, 7) is 5.36. The summed E-state index contributed by atoms with van der Waals surface area (Å²) >= 11 is 1.39. The van der Waals surface area contributed by atoms with E-state index in [0.29, 0.717) is 10.9 Å². The summed E-state index contributed by atoms with van der Waals surface area (Å²) in [5.41, 5.74) is 2.20. The summed E-state index contributed by atoms with van der Waals surface area (Å²) in [5.74, 6) is 0.540. The normalized spacial score (nSPS) is 15.2. The Morgan fingerprint density at radius 1 is 1.12 bits per heavy atom. The Hall–Kier alpha value is -2.15. The van der Waals surface area contributed by atoms with E-state index >= 15 is 0 Å². The fourth-order valence-electron chi connectivity index (χ4n) is 2.73. The van der Waals surface area contributed by atoms with E-state index in [9.17, 15) is 4.79 Å². The van der Waals surface area contributed by atoms with Gasteiger partial charge in [0.2, 0.25) is 5.91 Å². The van der Waals surface area contributed by atoms with Crippen molar-refractivity contribution in [2.75, 3.05) is 36.8 Å². The molecule has 2 aromatic heterocycles. The molecular weight excluding hydrogens is 322 g/mol. The topological polar surface area (TPSA) is 62.2 Å². The summed E-state index contributed by atoms with van der Waals surface area (Å²) in [6.07, 6.45) is 6.20. The number of rotatable bonds is 4. The first-order valence-electron chi connectivity index (χ1n) is 8.07. The molecule has 0 spiro atoms. The average molecular weight is 343 g/mol. The zero-order valence-corrected chi connectivity index (χ0v) is 14.6. The Labute approximate surface area is 146 Å². The van der Waals surface area contributed by atoms with Crippen molar-refractivity contribution in [1.82, 2.24) is 19.9 Å². The van der Waals surface area contributed by atoms with Crippen LogP contribution in [0.3, 0.4) is 0 Å². The van der Waals surface area contributed by atoms with Crippen LogP contribution in [0.5, 0.6) is 0 Å². The van der Waals surface area contributed by atoms with Crippen molar-refractivity contribution >= 4 is 23.4 Å². The first-order chi connectivity index (χ1) is 11.7. The second kappa shape index (κ2) is 8.10. The van der Waals surface area contributed by atoms with Crippen LogP contribution in [0.15, 0.2) is 41.9 Å². The number of anilines is 1. The third-order valence-electron chi connectivity index (χ3n) is 3.96. The van der Waals surface area contributed by atoms with Crippen molar-refractivity contribution in [3.05, 3.63) is 42.5 Å². The molecule has 1 amide bonds. The molecule has 7 heteroatoms. The Bertz CT molecular complexity index is 682. The van der Waals surface area contributed by atoms with Crippen LogP contribution >= 0.6 is 11.8 Å². The molecule has 0 N–H and O–H groups in total. The lowest BCUT2D eigenvalue weighted by molar-refractivity contribution is -0.128. The second-order valence-electron chi connectivity index (χ2n) is 5.70. The second-order valence-corrected chi connectivity index (χ2v) is 6.64. The van der Waals surface area contributed by atoms with Crippen molar-refractivity contribution in [3.63, 3.8) is 0 Å². The highest BCUT2D eigenvalue weighted by molar-refractivity contribution is 7.99. The first-order valence-corrected chi connectivity index (χ1v) is 9.06. The fourth-order valence-corrected chi connectivity index (χ4v) is 3.44. The van der Waals surface area contributed by atoms with Gasteiger partial charge in [0, 0.05) is 56.2 Å². The number of thioether (sulfide) groups is 1. The smallest absolute Gasteiger partial charge is 0.233 e. The third-order valence-corrected chi connectivity index (χ3v) is 4.82. The van der Waals surface area contributed by atoms with Gasteiger partial charge in [-0.1, -0.05) is 11.8 Å². The van der Waals surface area contributed by atoms with Crippen molar-refractivity contribution < 1.29 is 4.79 Å². The van der Waals surface area contributed by atoms with Crippen LogP contribution in [0.1, 0.15) is 12.1 Å². The van der Waals surface area contributed by atoms with Crippen LogP contribution in [-0.2, 0) is 4.79 Å². The molecule has 0 atom stereocenters. The minimum absolute atomic E-state index is 0.153. The Morgan fingerprint density at radius 2 is 1.96 bits per heavy atom. The number of hydrogen-bond acceptors (Lipinski definition) is 6. The van der Waals surface area contributed by atoms with Gasteiger partial charge < -0.3 is 9.80 Å². The van der Waals surface area contributed by atoms with Crippen molar-refractivity contribution in [3.8, 4) is 0 Å². The summed E-state index contributed by atoms with van der Waals surface area (Å²) in [6, 6.07) is 5.91. The van der Waals surface area contributed by atoms with Crippen molar-refractivity contribution in [1.29, 1.82) is 0 Å². The number of hydrogen-bond donors (Lipinski definition) is 0. The van der Waals surface area contributed by atoms with E-state index in [4.69, 9.17) is 0 Å². The Morgan fingerprint density at radius 3 is 2.75 bits per heavy atom. The van der Waals surface area contributed by atoms with Crippen molar-refractivity contribution in [2.24, 2.45) is 0 Å². The van der Waals surface area contributed by atoms with Crippen LogP contribution in [-0.4, -0.2) is 57.7 Å². The Balaban J connectivity index is 1.54. The first kappa shape index (κ1) is 16.7. The molecule has 24 heavy (non-hydrogen) atoms. The highest BCUT2D eigenvalue weighted by Crippen LogP contribution is 2.18. The highest BCUT2D eigenvalue weighted by Gasteiger charge is 2.19. The lowest BCUT2D eigenvalue weighted by atomic mass is 10.3. The molecule has 3 heterocycles. The molecule has 3 rings (SSSR count). The molecule has 0 aromatic carbocycles. The maximum absolute atomic E-state index is 12.4. The molecule has 1 aliphatic heterocycles. The standard InChI is InChI=1S/C17H21N5OS/c1-14-12-15(4-7-18-14)21-8-3-9-22(11-10-21)16(23)13-24-17-19-5-2-6-20-17/h2,4-7,12H,3,8-11,13H2,1H3. The van der Waals surface area contributed by atoms with E-state index in [1.807, 2.05) is 24.1 Å². The molecule has 1 aliphatic rings. The SMILES string of the molecule is Cc1cc(N2CCCN(C(=O)CSc3ncccn3)CC2)ccn1. The van der Waals surface area contributed by atoms with Crippen LogP contribution in [0.4, 0.5) is 5.69 Å². The van der Waals surface area contributed by atoms with E-state index in [0.717, 1.165) is 38.3 Å². The molecule has 0 saturated carbocycles. The highest BCUT2D eigenvalue weighted by atomic mass is 32.2. The van der Waals surface area contributed by atoms with E-state index in [1.165, 1.54) is 17.4 Å². The van der Waals surface area contributed by atoms with E-state index in [-0.39, 0.29) is 5.91 Å². The molecule has 0 aliphatic carbocycles. The molecule has 2 aromatic rings. The van der Waals surface area contributed by atoms with Gasteiger partial charge in [-0.2, -0.15) is 0 Å². The molecule has 126 valence electrons. The van der Waals surface area contributed by atoms with E-state index < -0.39 is 0 Å². The lowest BCUT2D eigenvalue weighted by Crippen LogP contribution is -2.36. The van der Waals surface area contributed by atoms with Gasteiger partial charge >= 0.3 is 0 Å². The third kappa shape index (κ3) is 4.44. The van der Waals surface area contributed by atoms with Gasteiger partial charge in [0.1, 0.15) is 0 Å². The quantitative estimate of drug-likeness (QED) is 0.625. The van der Waals surface area contributed by atoms with Gasteiger partial charge in [-0.3, -0.25) is 9.78 Å². The molecule has 1 saturated heterocycles. The minimum atomic E-state index is 0.153. The van der Waals surface area contributed by atoms with Crippen LogP contribution < -0.4 is 4.90 Å². The number of amides is 1. The molecular formula is C17H21N5OS. The van der Waals surface area contributed by atoms with Crippen LogP contribution in [0, 0.1) is 6.92 Å². The van der Waals surface area contributed by atoms with Gasteiger partial charge in [-0.15, -0.1) is 0 Å². The number of aryl methyl sites for hydroxylation is 1. The largest absolute Gasteiger partial charge is 0.370 e. The Kier molecular flexibility index (Phi) is 5.63. The number of carbonyl (C=O) groups is 1. The summed E-state index contributed by atoms with van der Waals surface area (Å²) in [7, 11) is 0. The fraction of sp³-hybridized carbons (Fsp3) is 0.412. The number of nitrogens with zero attached hydrogens (tertiary/aromatic N) is 5. The van der Waals surface area contributed by atoms with Crippen molar-refractivity contribution in [2.45, 2.75) is 18.5 Å². The van der Waals surface area contributed by atoms with Gasteiger partial charge in [-0.25, -0.2) is 9.97 Å². The lowest BCUT2D eigenvalue weighted by Gasteiger charge is -2.23. The van der Waals surface area contributed by atoms with Gasteiger partial charge in [0.05, 0.1) is 5.75 Å². The van der Waals surface area contributed by atoms with Crippen LogP contribution in [0.2, 0.25) is 0 Å². The summed E-state index contributed by atoms with van der Waals surface area (Å²) < 4.78 is 0. The molecule has 0 radical (unpaired) electrons. The van der Waals surface area contributed by atoms with Gasteiger partial charge in [-0.05, 0) is 31.5 Å². The van der Waals surface area contributed by atoms with E-state index in [2.05, 4.69) is 25.9 Å². The minimum Gasteiger partial charge on any atom is -0.370 e. The maximum Gasteiger partial charge on any atom is 0.233 e. The average Bonchev–Trinajstić information content (AvgIpc) is 2.87. The zero-order valence-electron chi connectivity index (χ0n) is 13.8. The monoisotopic (exact) mass is 343 g/mol. The molecule has 0 bridgehead atoms. The molecule has 6 nitrogen and oxygen atoms in total. The predicted octanol–water partition coefficient (Wildman–Crippen LogP) is 2.01. The zero-order chi connectivity index (χ0) is 16.8. The summed E-state index contributed by atoms with van der Waals surface area (Å²) in [4.78, 5) is 29.3. The van der Waals surface area contributed by atoms with Gasteiger partial charge in [0.15, 0.2) is 5.16 Å². The number of carbonyl (C=O) groups excluding carboxylic acids is 1. The molecule has 0 unspecified atom stereocenters. The molecule has 1 fully saturated rings. The maximum atomic E-state index is 12.4. The predicted molar refractivity (Wildman–Crippen MR) is 95.1 cm³/mol. The van der Waals surface area contributed by atoms with E-state index in [1.54, 1.807) is 18.5 Å². The summed E-state index contributed by atoms with van der Waals surface area (Å²) in [5, 5.41) is 0.648. The van der Waals surface area contributed by atoms with Crippen LogP contribution in [0.25, 0.3) is 0 Å².